The smallest absolute Gasteiger partial charge is 0.126 e. The van der Waals surface area contributed by atoms with Gasteiger partial charge in [0.15, 0.2) is 0 Å². The quantitative estimate of drug-likeness (QED) is 0.774. The van der Waals surface area contributed by atoms with Gasteiger partial charge in [0.05, 0.1) is 0 Å². The molecule has 0 aliphatic heterocycles. The highest BCUT2D eigenvalue weighted by molar-refractivity contribution is 9.10. The number of nitrogens with one attached hydrogen (secondary N) is 1. The van der Waals surface area contributed by atoms with E-state index >= 15 is 0 Å². The van der Waals surface area contributed by atoms with Gasteiger partial charge in [-0.15, -0.1) is 0 Å². The summed E-state index contributed by atoms with van der Waals surface area (Å²) < 4.78 is 15.1. The number of fused-ring (bicyclic) bond motifs is 1. The minimum Gasteiger partial charge on any atom is -0.316 e. The van der Waals surface area contributed by atoms with Crippen molar-refractivity contribution >= 4 is 15.9 Å². The van der Waals surface area contributed by atoms with E-state index in [2.05, 4.69) is 35.1 Å². The molecule has 2 atom stereocenters. The van der Waals surface area contributed by atoms with E-state index in [1.807, 2.05) is 6.07 Å². The van der Waals surface area contributed by atoms with Gasteiger partial charge in [-0.05, 0) is 79.2 Å². The predicted molar refractivity (Wildman–Crippen MR) is 88.8 cm³/mol. The lowest BCUT2D eigenvalue weighted by Gasteiger charge is -2.32. The molecule has 1 aromatic carbocycles. The summed E-state index contributed by atoms with van der Waals surface area (Å²) in [6.45, 7) is 6.56. The van der Waals surface area contributed by atoms with Crippen LogP contribution in [0.2, 0.25) is 0 Å². The fourth-order valence-corrected chi connectivity index (χ4v) is 4.47. The zero-order valence-corrected chi connectivity index (χ0v) is 14.5. The van der Waals surface area contributed by atoms with Crippen molar-refractivity contribution in [1.82, 2.24) is 5.32 Å². The first-order chi connectivity index (χ1) is 9.97. The Hall–Kier alpha value is -0.410. The fourth-order valence-electron chi connectivity index (χ4n) is 4.07. The van der Waals surface area contributed by atoms with Crippen LogP contribution in [0, 0.1) is 29.0 Å². The Labute approximate surface area is 135 Å². The van der Waals surface area contributed by atoms with Crippen molar-refractivity contribution in [2.75, 3.05) is 13.1 Å². The van der Waals surface area contributed by atoms with Crippen LogP contribution < -0.4 is 5.32 Å². The molecule has 0 aromatic heterocycles. The van der Waals surface area contributed by atoms with Crippen LogP contribution in [0.15, 0.2) is 22.7 Å². The van der Waals surface area contributed by atoms with Crippen LogP contribution in [-0.4, -0.2) is 13.1 Å². The van der Waals surface area contributed by atoms with Gasteiger partial charge >= 0.3 is 0 Å². The van der Waals surface area contributed by atoms with Gasteiger partial charge in [-0.2, -0.15) is 0 Å². The molecule has 2 fully saturated rings. The third-order valence-electron chi connectivity index (χ3n) is 5.09. The molecule has 2 aliphatic carbocycles. The average molecular weight is 354 g/mol. The SMILES string of the molecule is CC(C)CNCC1(Cc2cc(Br)ccc2F)CC2CC2C1. The Kier molecular flexibility index (Phi) is 4.42. The molecule has 3 heteroatoms. The van der Waals surface area contributed by atoms with E-state index in [-0.39, 0.29) is 11.2 Å². The number of halogens is 2. The number of benzene rings is 1. The predicted octanol–water partition coefficient (Wildman–Crippen LogP) is 4.79. The summed E-state index contributed by atoms with van der Waals surface area (Å²) in [7, 11) is 0. The first-order valence-corrected chi connectivity index (χ1v) is 8.91. The molecule has 0 radical (unpaired) electrons. The summed E-state index contributed by atoms with van der Waals surface area (Å²) in [5.41, 5.74) is 1.14. The second-order valence-electron chi connectivity index (χ2n) is 7.60. The molecule has 116 valence electrons. The lowest BCUT2D eigenvalue weighted by atomic mass is 9.77. The molecule has 1 nitrogen and oxygen atoms in total. The molecule has 0 spiro atoms. The van der Waals surface area contributed by atoms with E-state index in [0.717, 1.165) is 41.4 Å². The van der Waals surface area contributed by atoms with Gasteiger partial charge in [0.25, 0.3) is 0 Å². The van der Waals surface area contributed by atoms with E-state index < -0.39 is 0 Å². The molecule has 3 rings (SSSR count). The Morgan fingerprint density at radius 3 is 2.71 bits per heavy atom. The Bertz CT molecular complexity index is 504. The largest absolute Gasteiger partial charge is 0.316 e. The van der Waals surface area contributed by atoms with E-state index in [1.165, 1.54) is 19.3 Å². The first kappa shape index (κ1) is 15.5. The van der Waals surface area contributed by atoms with Crippen LogP contribution in [-0.2, 0) is 6.42 Å². The van der Waals surface area contributed by atoms with E-state index in [0.29, 0.717) is 5.92 Å². The van der Waals surface area contributed by atoms with Crippen molar-refractivity contribution in [3.8, 4) is 0 Å². The highest BCUT2D eigenvalue weighted by Crippen LogP contribution is 2.60. The van der Waals surface area contributed by atoms with Crippen molar-refractivity contribution in [3.63, 3.8) is 0 Å². The van der Waals surface area contributed by atoms with E-state index in [9.17, 15) is 4.39 Å². The maximum Gasteiger partial charge on any atom is 0.126 e. The summed E-state index contributed by atoms with van der Waals surface area (Å²) in [4.78, 5) is 0. The summed E-state index contributed by atoms with van der Waals surface area (Å²) >= 11 is 3.47. The van der Waals surface area contributed by atoms with Crippen molar-refractivity contribution in [2.24, 2.45) is 23.2 Å². The molecular formula is C18H25BrFN. The zero-order valence-electron chi connectivity index (χ0n) is 13.0. The highest BCUT2D eigenvalue weighted by atomic mass is 79.9. The Morgan fingerprint density at radius 1 is 1.33 bits per heavy atom. The molecule has 0 saturated heterocycles. The maximum atomic E-state index is 14.1. The molecule has 21 heavy (non-hydrogen) atoms. The molecule has 1 N–H and O–H groups in total. The molecule has 1 aromatic rings. The van der Waals surface area contributed by atoms with Gasteiger partial charge in [0.1, 0.15) is 5.82 Å². The topological polar surface area (TPSA) is 12.0 Å². The normalized spacial score (nSPS) is 30.7. The molecule has 0 heterocycles. The van der Waals surface area contributed by atoms with Crippen LogP contribution in [0.5, 0.6) is 0 Å². The van der Waals surface area contributed by atoms with Crippen molar-refractivity contribution in [2.45, 2.75) is 39.5 Å². The number of rotatable bonds is 6. The summed E-state index contributed by atoms with van der Waals surface area (Å²) in [6, 6.07) is 5.34. The molecule has 0 amide bonds. The second kappa shape index (κ2) is 6.00. The van der Waals surface area contributed by atoms with Crippen LogP contribution in [0.4, 0.5) is 4.39 Å². The molecule has 2 aliphatic rings. The van der Waals surface area contributed by atoms with E-state index in [1.54, 1.807) is 12.1 Å². The van der Waals surface area contributed by atoms with Gasteiger partial charge < -0.3 is 5.32 Å². The standard InChI is InChI=1S/C18H25BrFN/c1-12(2)10-21-11-18(7-13-5-14(13)8-18)9-15-6-16(19)3-4-17(15)20/h3-4,6,12-14,21H,5,7-11H2,1-2H3. The van der Waals surface area contributed by atoms with Gasteiger partial charge in [0, 0.05) is 11.0 Å². The zero-order chi connectivity index (χ0) is 15.0. The molecule has 2 unspecified atom stereocenters. The number of hydrogen-bond acceptors (Lipinski definition) is 1. The van der Waals surface area contributed by atoms with E-state index in [4.69, 9.17) is 0 Å². The van der Waals surface area contributed by atoms with Gasteiger partial charge in [-0.1, -0.05) is 29.8 Å². The minimum atomic E-state index is -0.0537. The lowest BCUT2D eigenvalue weighted by Crippen LogP contribution is -2.37. The van der Waals surface area contributed by atoms with Crippen LogP contribution >= 0.6 is 15.9 Å². The third-order valence-corrected chi connectivity index (χ3v) is 5.58. The van der Waals surface area contributed by atoms with Crippen molar-refractivity contribution in [3.05, 3.63) is 34.1 Å². The second-order valence-corrected chi connectivity index (χ2v) is 8.52. The average Bonchev–Trinajstić information content (AvgIpc) is 3.02. The number of hydrogen-bond donors (Lipinski definition) is 1. The van der Waals surface area contributed by atoms with Crippen molar-refractivity contribution in [1.29, 1.82) is 0 Å². The van der Waals surface area contributed by atoms with Gasteiger partial charge in [-0.3, -0.25) is 0 Å². The maximum absolute atomic E-state index is 14.1. The first-order valence-electron chi connectivity index (χ1n) is 8.12. The highest BCUT2D eigenvalue weighted by Gasteiger charge is 2.53. The van der Waals surface area contributed by atoms with Crippen LogP contribution in [0.1, 0.15) is 38.7 Å². The minimum absolute atomic E-state index is 0.0537. The third kappa shape index (κ3) is 3.68. The molecule has 0 bridgehead atoms. The summed E-state index contributed by atoms with van der Waals surface area (Å²) in [5.74, 6) is 2.45. The summed E-state index contributed by atoms with van der Waals surface area (Å²) in [6.07, 6.45) is 4.83. The Morgan fingerprint density at radius 2 is 2.05 bits per heavy atom. The molecular weight excluding hydrogens is 329 g/mol. The Balaban J connectivity index is 1.72. The lowest BCUT2D eigenvalue weighted by molar-refractivity contribution is 0.242. The fraction of sp³-hybridized carbons (Fsp3) is 0.667. The molecule has 2 saturated carbocycles. The van der Waals surface area contributed by atoms with Gasteiger partial charge in [-0.25, -0.2) is 4.39 Å². The summed E-state index contributed by atoms with van der Waals surface area (Å²) in [5, 5.41) is 3.63. The van der Waals surface area contributed by atoms with Gasteiger partial charge in [0.2, 0.25) is 0 Å². The van der Waals surface area contributed by atoms with Crippen LogP contribution in [0.3, 0.4) is 0 Å². The monoisotopic (exact) mass is 353 g/mol. The van der Waals surface area contributed by atoms with Crippen molar-refractivity contribution < 1.29 is 4.39 Å². The van der Waals surface area contributed by atoms with Crippen LogP contribution in [0.25, 0.3) is 0 Å².